The molecular weight excluding hydrogens is 266 g/mol. The lowest BCUT2D eigenvalue weighted by Gasteiger charge is -2.39. The molecule has 0 radical (unpaired) electrons. The van der Waals surface area contributed by atoms with E-state index in [1.165, 1.54) is 0 Å². The molecule has 0 spiro atoms. The van der Waals surface area contributed by atoms with Gasteiger partial charge in [0.15, 0.2) is 0 Å². The number of nitrogens with zero attached hydrogens (tertiary/aromatic N) is 2. The minimum atomic E-state index is -0.400. The molecule has 1 saturated heterocycles. The number of pyridine rings is 1. The van der Waals surface area contributed by atoms with E-state index in [0.29, 0.717) is 25.3 Å². The van der Waals surface area contributed by atoms with Crippen LogP contribution in [0.25, 0.3) is 0 Å². The largest absolute Gasteiger partial charge is 0.343 e. The number of carbonyl (C=O) groups is 2. The van der Waals surface area contributed by atoms with Gasteiger partial charge in [0.2, 0.25) is 11.8 Å². The van der Waals surface area contributed by atoms with Crippen molar-refractivity contribution in [2.24, 2.45) is 5.92 Å². The first kappa shape index (κ1) is 15.5. The Labute approximate surface area is 125 Å². The first-order chi connectivity index (χ1) is 10.0. The Bertz CT molecular complexity index is 502. The number of piperazine rings is 1. The molecule has 2 atom stereocenters. The van der Waals surface area contributed by atoms with Gasteiger partial charge in [0.05, 0.1) is 0 Å². The van der Waals surface area contributed by atoms with Gasteiger partial charge in [-0.15, -0.1) is 0 Å². The standard InChI is InChI=1S/C16H23N3O2/c1-4-13-16(21)19(10-12-5-7-17-8-6-12)14(9-11(2)3)15(20)18-13/h5-8,11,13-14H,4,9-10H2,1-3H3,(H,18,20). The molecule has 21 heavy (non-hydrogen) atoms. The molecule has 114 valence electrons. The first-order valence-electron chi connectivity index (χ1n) is 7.52. The Hall–Kier alpha value is -1.91. The summed E-state index contributed by atoms with van der Waals surface area (Å²) in [5.41, 5.74) is 0.997. The summed E-state index contributed by atoms with van der Waals surface area (Å²) in [6, 6.07) is 2.98. The van der Waals surface area contributed by atoms with Gasteiger partial charge >= 0.3 is 0 Å². The van der Waals surface area contributed by atoms with Crippen LogP contribution in [0.15, 0.2) is 24.5 Å². The number of nitrogens with one attached hydrogen (secondary N) is 1. The third-order valence-corrected chi connectivity index (χ3v) is 3.78. The molecule has 1 aliphatic rings. The quantitative estimate of drug-likeness (QED) is 0.898. The molecule has 0 aliphatic carbocycles. The topological polar surface area (TPSA) is 62.3 Å². The molecule has 0 saturated carbocycles. The van der Waals surface area contributed by atoms with Crippen LogP contribution in [-0.2, 0) is 16.1 Å². The van der Waals surface area contributed by atoms with Crippen molar-refractivity contribution in [3.63, 3.8) is 0 Å². The van der Waals surface area contributed by atoms with Crippen LogP contribution >= 0.6 is 0 Å². The fraction of sp³-hybridized carbons (Fsp3) is 0.562. The lowest BCUT2D eigenvalue weighted by molar-refractivity contribution is -0.150. The zero-order valence-corrected chi connectivity index (χ0v) is 12.9. The maximum absolute atomic E-state index is 12.6. The molecular formula is C16H23N3O2. The lowest BCUT2D eigenvalue weighted by atomic mass is 9.96. The van der Waals surface area contributed by atoms with E-state index in [4.69, 9.17) is 0 Å². The van der Waals surface area contributed by atoms with E-state index in [0.717, 1.165) is 5.56 Å². The van der Waals surface area contributed by atoms with E-state index in [9.17, 15) is 9.59 Å². The molecule has 5 heteroatoms. The fourth-order valence-corrected chi connectivity index (χ4v) is 2.66. The maximum Gasteiger partial charge on any atom is 0.246 e. The molecule has 2 rings (SSSR count). The Morgan fingerprint density at radius 1 is 1.29 bits per heavy atom. The second-order valence-corrected chi connectivity index (χ2v) is 5.94. The van der Waals surface area contributed by atoms with E-state index >= 15 is 0 Å². The van der Waals surface area contributed by atoms with E-state index in [1.807, 2.05) is 19.1 Å². The van der Waals surface area contributed by atoms with Gasteiger partial charge < -0.3 is 10.2 Å². The zero-order valence-electron chi connectivity index (χ0n) is 12.9. The van der Waals surface area contributed by atoms with Crippen LogP contribution in [0.3, 0.4) is 0 Å². The molecule has 2 unspecified atom stereocenters. The highest BCUT2D eigenvalue weighted by Crippen LogP contribution is 2.21. The lowest BCUT2D eigenvalue weighted by Crippen LogP contribution is -2.62. The number of amides is 2. The molecule has 1 aliphatic heterocycles. The van der Waals surface area contributed by atoms with Gasteiger partial charge in [-0.3, -0.25) is 14.6 Å². The average Bonchev–Trinajstić information content (AvgIpc) is 2.47. The zero-order chi connectivity index (χ0) is 15.4. The van der Waals surface area contributed by atoms with Gasteiger partial charge in [-0.2, -0.15) is 0 Å². The predicted octanol–water partition coefficient (Wildman–Crippen LogP) is 1.73. The second-order valence-electron chi connectivity index (χ2n) is 5.94. The highest BCUT2D eigenvalue weighted by atomic mass is 16.2. The van der Waals surface area contributed by atoms with Gasteiger partial charge in [-0.25, -0.2) is 0 Å². The summed E-state index contributed by atoms with van der Waals surface area (Å²) in [5.74, 6) is 0.329. The van der Waals surface area contributed by atoms with E-state index in [2.05, 4.69) is 24.1 Å². The van der Waals surface area contributed by atoms with Gasteiger partial charge in [0.1, 0.15) is 12.1 Å². The summed E-state index contributed by atoms with van der Waals surface area (Å²) in [6.07, 6.45) is 4.71. The van der Waals surface area contributed by atoms with Gasteiger partial charge in [-0.1, -0.05) is 20.8 Å². The molecule has 2 amide bonds. The summed E-state index contributed by atoms with van der Waals surface area (Å²) >= 11 is 0. The summed E-state index contributed by atoms with van der Waals surface area (Å²) in [5, 5.41) is 2.84. The number of rotatable bonds is 5. The van der Waals surface area contributed by atoms with Crippen LogP contribution in [0.1, 0.15) is 39.2 Å². The average molecular weight is 289 g/mol. The van der Waals surface area contributed by atoms with Crippen molar-refractivity contribution >= 4 is 11.8 Å². The smallest absolute Gasteiger partial charge is 0.246 e. The van der Waals surface area contributed by atoms with Crippen molar-refractivity contribution < 1.29 is 9.59 Å². The van der Waals surface area contributed by atoms with Crippen LogP contribution in [0, 0.1) is 5.92 Å². The van der Waals surface area contributed by atoms with Crippen molar-refractivity contribution in [1.29, 1.82) is 0 Å². The van der Waals surface area contributed by atoms with E-state index < -0.39 is 6.04 Å². The number of hydrogen-bond donors (Lipinski definition) is 1. The van der Waals surface area contributed by atoms with Crippen molar-refractivity contribution in [2.75, 3.05) is 0 Å². The van der Waals surface area contributed by atoms with Crippen LogP contribution in [-0.4, -0.2) is 33.8 Å². The summed E-state index contributed by atoms with van der Waals surface area (Å²) < 4.78 is 0. The molecule has 0 aromatic carbocycles. The number of aromatic nitrogens is 1. The molecule has 5 nitrogen and oxygen atoms in total. The highest BCUT2D eigenvalue weighted by molar-refractivity contribution is 5.96. The normalized spacial score (nSPS) is 22.6. The number of hydrogen-bond acceptors (Lipinski definition) is 3. The van der Waals surface area contributed by atoms with Crippen LogP contribution in [0.5, 0.6) is 0 Å². The Balaban J connectivity index is 2.24. The SMILES string of the molecule is CCC1NC(=O)C(CC(C)C)N(Cc2ccncc2)C1=O. The van der Waals surface area contributed by atoms with Crippen molar-refractivity contribution in [3.8, 4) is 0 Å². The molecule has 1 aromatic heterocycles. The van der Waals surface area contributed by atoms with Gasteiger partial charge in [-0.05, 0) is 36.5 Å². The monoisotopic (exact) mass is 289 g/mol. The van der Waals surface area contributed by atoms with E-state index in [-0.39, 0.29) is 17.9 Å². The van der Waals surface area contributed by atoms with Crippen molar-refractivity contribution in [1.82, 2.24) is 15.2 Å². The Morgan fingerprint density at radius 2 is 1.95 bits per heavy atom. The highest BCUT2D eigenvalue weighted by Gasteiger charge is 2.39. The Morgan fingerprint density at radius 3 is 2.52 bits per heavy atom. The summed E-state index contributed by atoms with van der Waals surface area (Å²) in [4.78, 5) is 30.6. The van der Waals surface area contributed by atoms with E-state index in [1.54, 1.807) is 17.3 Å². The predicted molar refractivity (Wildman–Crippen MR) is 80.3 cm³/mol. The van der Waals surface area contributed by atoms with Crippen molar-refractivity contribution in [2.45, 2.75) is 52.2 Å². The van der Waals surface area contributed by atoms with Crippen LogP contribution in [0.2, 0.25) is 0 Å². The molecule has 1 N–H and O–H groups in total. The van der Waals surface area contributed by atoms with Gasteiger partial charge in [0.25, 0.3) is 0 Å². The number of carbonyl (C=O) groups excluding carboxylic acids is 2. The third kappa shape index (κ3) is 3.60. The van der Waals surface area contributed by atoms with Gasteiger partial charge in [0, 0.05) is 18.9 Å². The van der Waals surface area contributed by atoms with Crippen LogP contribution in [0.4, 0.5) is 0 Å². The fourth-order valence-electron chi connectivity index (χ4n) is 2.66. The molecule has 1 aromatic rings. The molecule has 1 fully saturated rings. The summed E-state index contributed by atoms with van der Waals surface area (Å²) in [6.45, 7) is 6.50. The Kier molecular flexibility index (Phi) is 4.94. The minimum Gasteiger partial charge on any atom is -0.343 e. The van der Waals surface area contributed by atoms with Crippen LogP contribution < -0.4 is 5.32 Å². The molecule has 0 bridgehead atoms. The summed E-state index contributed by atoms with van der Waals surface area (Å²) in [7, 11) is 0. The first-order valence-corrected chi connectivity index (χ1v) is 7.52. The third-order valence-electron chi connectivity index (χ3n) is 3.78. The van der Waals surface area contributed by atoms with Crippen molar-refractivity contribution in [3.05, 3.63) is 30.1 Å². The molecule has 2 heterocycles. The minimum absolute atomic E-state index is 0.0135. The second kappa shape index (κ2) is 6.70. The maximum atomic E-state index is 12.6.